The molecule has 0 radical (unpaired) electrons. The maximum absolute atomic E-state index is 12.2. The number of likely N-dealkylation sites (tertiary alicyclic amines) is 1. The van der Waals surface area contributed by atoms with Gasteiger partial charge in [-0.15, -0.1) is 0 Å². The fourth-order valence-electron chi connectivity index (χ4n) is 2.52. The molecule has 0 saturated carbocycles. The highest BCUT2D eigenvalue weighted by molar-refractivity contribution is 5.94. The Morgan fingerprint density at radius 3 is 2.10 bits per heavy atom. The van der Waals surface area contributed by atoms with Gasteiger partial charge in [-0.25, -0.2) is 0 Å². The van der Waals surface area contributed by atoms with Crippen LogP contribution in [0.25, 0.3) is 0 Å². The second kappa shape index (κ2) is 6.24. The molecule has 5 heteroatoms. The van der Waals surface area contributed by atoms with Gasteiger partial charge >= 0.3 is 0 Å². The van der Waals surface area contributed by atoms with E-state index in [4.69, 9.17) is 0 Å². The third kappa shape index (κ3) is 2.94. The number of amides is 1. The van der Waals surface area contributed by atoms with Crippen LogP contribution in [0.2, 0.25) is 0 Å². The molecule has 1 aliphatic heterocycles. The second-order valence-electron chi connectivity index (χ2n) is 5.06. The summed E-state index contributed by atoms with van der Waals surface area (Å²) >= 11 is 0. The summed E-state index contributed by atoms with van der Waals surface area (Å²) in [5, 5.41) is 19.0. The number of nitrogens with zero attached hydrogens (tertiary/aromatic N) is 2. The molecule has 1 aliphatic rings. The maximum Gasteiger partial charge on any atom is 0.254 e. The molecule has 1 aromatic rings. The van der Waals surface area contributed by atoms with E-state index in [0.29, 0.717) is 5.56 Å². The lowest BCUT2D eigenvalue weighted by Gasteiger charge is -2.21. The summed E-state index contributed by atoms with van der Waals surface area (Å²) in [6, 6.07) is 7.46. The van der Waals surface area contributed by atoms with E-state index in [1.54, 1.807) is 12.1 Å². The van der Waals surface area contributed by atoms with Crippen LogP contribution in [0.5, 0.6) is 0 Å². The molecule has 0 spiro atoms. The molecule has 2 atom stereocenters. The summed E-state index contributed by atoms with van der Waals surface area (Å²) in [6.07, 6.45) is -1.68. The average molecular weight is 278 g/mol. The summed E-state index contributed by atoms with van der Waals surface area (Å²) in [5.41, 5.74) is 1.68. The van der Waals surface area contributed by atoms with Gasteiger partial charge < -0.3 is 20.0 Å². The first-order chi connectivity index (χ1) is 9.56. The van der Waals surface area contributed by atoms with Crippen molar-refractivity contribution < 1.29 is 15.0 Å². The Morgan fingerprint density at radius 1 is 1.15 bits per heavy atom. The smallest absolute Gasteiger partial charge is 0.254 e. The van der Waals surface area contributed by atoms with Crippen molar-refractivity contribution in [2.75, 3.05) is 31.1 Å². The monoisotopic (exact) mass is 278 g/mol. The zero-order valence-corrected chi connectivity index (χ0v) is 12.0. The van der Waals surface area contributed by atoms with Gasteiger partial charge in [0.15, 0.2) is 0 Å². The van der Waals surface area contributed by atoms with Gasteiger partial charge in [-0.05, 0) is 38.1 Å². The van der Waals surface area contributed by atoms with E-state index in [0.717, 1.165) is 18.8 Å². The van der Waals surface area contributed by atoms with Crippen LogP contribution < -0.4 is 4.90 Å². The zero-order valence-electron chi connectivity index (χ0n) is 12.0. The first kappa shape index (κ1) is 14.8. The minimum absolute atomic E-state index is 0.147. The molecule has 1 aromatic carbocycles. The van der Waals surface area contributed by atoms with Gasteiger partial charge in [0, 0.05) is 37.4 Å². The van der Waals surface area contributed by atoms with E-state index in [9.17, 15) is 15.0 Å². The van der Waals surface area contributed by atoms with Crippen LogP contribution in [-0.4, -0.2) is 59.4 Å². The standard InChI is InChI=1S/C15H22N2O3/c1-3-16(4-2)12-7-5-11(6-8-12)15(20)17-9-13(18)14(19)10-17/h5-8,13-14,18-19H,3-4,9-10H2,1-2H3. The van der Waals surface area contributed by atoms with Crippen molar-refractivity contribution in [3.63, 3.8) is 0 Å². The highest BCUT2D eigenvalue weighted by Crippen LogP contribution is 2.18. The fraction of sp³-hybridized carbons (Fsp3) is 0.533. The Bertz CT molecular complexity index is 447. The van der Waals surface area contributed by atoms with Gasteiger partial charge in [-0.3, -0.25) is 4.79 Å². The first-order valence-corrected chi connectivity index (χ1v) is 7.07. The number of aliphatic hydroxyl groups excluding tert-OH is 2. The average Bonchev–Trinajstić information content (AvgIpc) is 2.80. The van der Waals surface area contributed by atoms with Gasteiger partial charge in [0.2, 0.25) is 0 Å². The molecule has 1 saturated heterocycles. The molecule has 20 heavy (non-hydrogen) atoms. The third-order valence-corrected chi connectivity index (χ3v) is 3.79. The van der Waals surface area contributed by atoms with Gasteiger partial charge in [0.05, 0.1) is 12.2 Å². The lowest BCUT2D eigenvalue weighted by Crippen LogP contribution is -2.29. The summed E-state index contributed by atoms with van der Waals surface area (Å²) in [5.74, 6) is -0.147. The van der Waals surface area contributed by atoms with Gasteiger partial charge in [0.25, 0.3) is 5.91 Å². The van der Waals surface area contributed by atoms with Gasteiger partial charge in [-0.1, -0.05) is 0 Å². The molecular weight excluding hydrogens is 256 g/mol. The van der Waals surface area contributed by atoms with Gasteiger partial charge in [-0.2, -0.15) is 0 Å². The topological polar surface area (TPSA) is 64.0 Å². The van der Waals surface area contributed by atoms with E-state index in [-0.39, 0.29) is 19.0 Å². The van der Waals surface area contributed by atoms with Crippen molar-refractivity contribution in [1.29, 1.82) is 0 Å². The van der Waals surface area contributed by atoms with E-state index in [2.05, 4.69) is 18.7 Å². The SMILES string of the molecule is CCN(CC)c1ccc(C(=O)N2CC(O)C(O)C2)cc1. The molecule has 0 aromatic heterocycles. The Kier molecular flexibility index (Phi) is 4.62. The molecule has 2 N–H and O–H groups in total. The lowest BCUT2D eigenvalue weighted by atomic mass is 10.1. The minimum Gasteiger partial charge on any atom is -0.388 e. The maximum atomic E-state index is 12.2. The molecule has 2 unspecified atom stereocenters. The van der Waals surface area contributed by atoms with Crippen LogP contribution in [0, 0.1) is 0 Å². The number of carbonyl (C=O) groups excluding carboxylic acids is 1. The number of hydrogen-bond donors (Lipinski definition) is 2. The Hall–Kier alpha value is -1.59. The van der Waals surface area contributed by atoms with Crippen LogP contribution in [0.3, 0.4) is 0 Å². The molecule has 1 heterocycles. The van der Waals surface area contributed by atoms with Crippen molar-refractivity contribution in [2.45, 2.75) is 26.1 Å². The van der Waals surface area contributed by atoms with Crippen molar-refractivity contribution in [2.24, 2.45) is 0 Å². The van der Waals surface area contributed by atoms with Crippen LogP contribution in [-0.2, 0) is 0 Å². The Labute approximate surface area is 119 Å². The number of anilines is 1. The van der Waals surface area contributed by atoms with Crippen molar-refractivity contribution >= 4 is 11.6 Å². The third-order valence-electron chi connectivity index (χ3n) is 3.79. The van der Waals surface area contributed by atoms with Crippen LogP contribution in [0.15, 0.2) is 24.3 Å². The molecule has 2 rings (SSSR count). The number of benzene rings is 1. The number of hydrogen-bond acceptors (Lipinski definition) is 4. The van der Waals surface area contributed by atoms with E-state index < -0.39 is 12.2 Å². The summed E-state index contributed by atoms with van der Waals surface area (Å²) in [7, 11) is 0. The largest absolute Gasteiger partial charge is 0.388 e. The number of rotatable bonds is 4. The molecule has 110 valence electrons. The van der Waals surface area contributed by atoms with Gasteiger partial charge in [0.1, 0.15) is 0 Å². The molecule has 5 nitrogen and oxygen atoms in total. The van der Waals surface area contributed by atoms with Crippen LogP contribution >= 0.6 is 0 Å². The predicted octanol–water partition coefficient (Wildman–Crippen LogP) is 0.710. The quantitative estimate of drug-likeness (QED) is 0.851. The molecule has 1 amide bonds. The summed E-state index contributed by atoms with van der Waals surface area (Å²) < 4.78 is 0. The summed E-state index contributed by atoms with van der Waals surface area (Å²) in [6.45, 7) is 6.42. The number of β-amino-alcohol motifs (C(OH)–C–C–N with tert-alkyl or cyclic N) is 2. The van der Waals surface area contributed by atoms with Crippen LogP contribution in [0.1, 0.15) is 24.2 Å². The van der Waals surface area contributed by atoms with Crippen LogP contribution in [0.4, 0.5) is 5.69 Å². The highest BCUT2D eigenvalue weighted by atomic mass is 16.3. The normalized spacial score (nSPS) is 22.1. The fourth-order valence-corrected chi connectivity index (χ4v) is 2.52. The van der Waals surface area contributed by atoms with E-state index in [1.807, 2.05) is 12.1 Å². The Balaban J connectivity index is 2.08. The number of carbonyl (C=O) groups is 1. The zero-order chi connectivity index (χ0) is 14.7. The van der Waals surface area contributed by atoms with E-state index in [1.165, 1.54) is 4.90 Å². The molecular formula is C15H22N2O3. The minimum atomic E-state index is -0.839. The number of aliphatic hydroxyl groups is 2. The van der Waals surface area contributed by atoms with Crippen molar-refractivity contribution in [3.05, 3.63) is 29.8 Å². The Morgan fingerprint density at radius 2 is 1.65 bits per heavy atom. The second-order valence-corrected chi connectivity index (χ2v) is 5.06. The molecule has 1 fully saturated rings. The van der Waals surface area contributed by atoms with E-state index >= 15 is 0 Å². The predicted molar refractivity (Wildman–Crippen MR) is 77.9 cm³/mol. The lowest BCUT2D eigenvalue weighted by molar-refractivity contribution is 0.0572. The molecule has 0 aliphatic carbocycles. The summed E-state index contributed by atoms with van der Waals surface area (Å²) in [4.78, 5) is 15.9. The van der Waals surface area contributed by atoms with Crippen molar-refractivity contribution in [1.82, 2.24) is 4.90 Å². The first-order valence-electron chi connectivity index (χ1n) is 7.07. The highest BCUT2D eigenvalue weighted by Gasteiger charge is 2.32. The molecule has 0 bridgehead atoms. The van der Waals surface area contributed by atoms with Crippen molar-refractivity contribution in [3.8, 4) is 0 Å².